The molecule has 0 amide bonds. The summed E-state index contributed by atoms with van der Waals surface area (Å²) in [4.78, 5) is 12.5. The zero-order valence-corrected chi connectivity index (χ0v) is 12.2. The Morgan fingerprint density at radius 3 is 2.57 bits per heavy atom. The van der Waals surface area contributed by atoms with Gasteiger partial charge in [-0.05, 0) is 23.6 Å². The first-order chi connectivity index (χ1) is 10.2. The van der Waals surface area contributed by atoms with Crippen LogP contribution in [0, 0.1) is 5.92 Å². The van der Waals surface area contributed by atoms with Gasteiger partial charge in [0, 0.05) is 23.4 Å². The third-order valence-electron chi connectivity index (χ3n) is 5.31. The molecule has 2 aromatic carbocycles. The van der Waals surface area contributed by atoms with Crippen LogP contribution in [-0.2, 0) is 5.41 Å². The number of carbonyl (C=O) groups is 1. The molecule has 2 aliphatic rings. The van der Waals surface area contributed by atoms with Crippen LogP contribution in [0.2, 0.25) is 0 Å². The average Bonchev–Trinajstić information content (AvgIpc) is 2.86. The van der Waals surface area contributed by atoms with E-state index in [1.807, 2.05) is 12.1 Å². The van der Waals surface area contributed by atoms with Crippen LogP contribution in [0.4, 0.5) is 0 Å². The fraction of sp³-hybridized carbons (Fsp3) is 0.316. The lowest BCUT2D eigenvalue weighted by Gasteiger charge is -2.43. The van der Waals surface area contributed by atoms with Gasteiger partial charge in [-0.1, -0.05) is 61.5 Å². The minimum atomic E-state index is -0.0776. The van der Waals surface area contributed by atoms with Crippen LogP contribution >= 0.6 is 0 Å². The molecule has 3 unspecified atom stereocenters. The number of nitrogens with one attached hydrogen (secondary N) is 1. The maximum absolute atomic E-state index is 12.5. The van der Waals surface area contributed by atoms with Crippen molar-refractivity contribution in [3.63, 3.8) is 0 Å². The maximum atomic E-state index is 12.5. The Bertz CT molecular complexity index is 694. The molecule has 0 radical (unpaired) electrons. The number of fused-ring (bicyclic) bond motifs is 3. The minimum Gasteiger partial charge on any atom is -0.312 e. The molecule has 0 saturated carbocycles. The van der Waals surface area contributed by atoms with Gasteiger partial charge in [-0.3, -0.25) is 4.79 Å². The molecule has 106 valence electrons. The van der Waals surface area contributed by atoms with E-state index in [1.54, 1.807) is 0 Å². The second-order valence-corrected chi connectivity index (χ2v) is 6.27. The zero-order valence-electron chi connectivity index (χ0n) is 12.2. The fourth-order valence-corrected chi connectivity index (χ4v) is 4.41. The van der Waals surface area contributed by atoms with Crippen molar-refractivity contribution in [3.05, 3.63) is 71.3 Å². The molecule has 1 heterocycles. The summed E-state index contributed by atoms with van der Waals surface area (Å²) in [5.74, 6) is 0.739. The second kappa shape index (κ2) is 4.54. The molecule has 2 heteroatoms. The van der Waals surface area contributed by atoms with Gasteiger partial charge in [0.2, 0.25) is 0 Å². The number of carbonyl (C=O) groups excluding carboxylic acids is 1. The molecule has 3 atom stereocenters. The van der Waals surface area contributed by atoms with E-state index in [1.165, 1.54) is 11.1 Å². The smallest absolute Gasteiger partial charge is 0.164 e. The summed E-state index contributed by atoms with van der Waals surface area (Å²) in [7, 11) is 0. The molecule has 1 aliphatic carbocycles. The molecule has 0 aromatic heterocycles. The summed E-state index contributed by atoms with van der Waals surface area (Å²) < 4.78 is 0. The summed E-state index contributed by atoms with van der Waals surface area (Å²) in [5, 5.41) is 3.60. The minimum absolute atomic E-state index is 0.0776. The standard InChI is InChI=1S/C19H19NO/c1-13-12-20-18-11-17(21)15-9-5-6-10-16(15)19(13,18)14-7-3-2-4-8-14/h2-10,13,18,20H,11-12H2,1H3. The lowest BCUT2D eigenvalue weighted by atomic mass is 9.59. The number of benzene rings is 2. The molecule has 1 fully saturated rings. The van der Waals surface area contributed by atoms with E-state index in [4.69, 9.17) is 0 Å². The lowest BCUT2D eigenvalue weighted by molar-refractivity contribution is 0.0942. The summed E-state index contributed by atoms with van der Waals surface area (Å²) in [5.41, 5.74) is 3.36. The van der Waals surface area contributed by atoms with Crippen molar-refractivity contribution in [2.24, 2.45) is 5.92 Å². The summed E-state index contributed by atoms with van der Waals surface area (Å²) >= 11 is 0. The van der Waals surface area contributed by atoms with Crippen LogP contribution in [0.15, 0.2) is 54.6 Å². The Morgan fingerprint density at radius 2 is 1.76 bits per heavy atom. The van der Waals surface area contributed by atoms with E-state index < -0.39 is 0 Å². The summed E-state index contributed by atoms with van der Waals surface area (Å²) in [6.07, 6.45) is 0.593. The van der Waals surface area contributed by atoms with Gasteiger partial charge in [-0.15, -0.1) is 0 Å². The van der Waals surface area contributed by atoms with Gasteiger partial charge in [0.1, 0.15) is 0 Å². The molecular formula is C19H19NO. The van der Waals surface area contributed by atoms with Crippen LogP contribution in [0.5, 0.6) is 0 Å². The molecule has 0 spiro atoms. The Labute approximate surface area is 125 Å². The van der Waals surface area contributed by atoms with Gasteiger partial charge in [0.25, 0.3) is 0 Å². The monoisotopic (exact) mass is 277 g/mol. The van der Waals surface area contributed by atoms with Crippen LogP contribution in [0.1, 0.15) is 34.8 Å². The number of hydrogen-bond donors (Lipinski definition) is 1. The first-order valence-corrected chi connectivity index (χ1v) is 7.66. The predicted octanol–water partition coefficient (Wildman–Crippen LogP) is 3.17. The van der Waals surface area contributed by atoms with Gasteiger partial charge >= 0.3 is 0 Å². The predicted molar refractivity (Wildman–Crippen MR) is 83.6 cm³/mol. The number of hydrogen-bond acceptors (Lipinski definition) is 2. The highest BCUT2D eigenvalue weighted by Gasteiger charge is 2.54. The van der Waals surface area contributed by atoms with Crippen molar-refractivity contribution >= 4 is 5.78 Å². The third-order valence-corrected chi connectivity index (χ3v) is 5.31. The first-order valence-electron chi connectivity index (χ1n) is 7.66. The lowest BCUT2D eigenvalue weighted by Crippen LogP contribution is -2.49. The van der Waals surface area contributed by atoms with E-state index in [0.29, 0.717) is 12.3 Å². The zero-order chi connectivity index (χ0) is 14.4. The van der Waals surface area contributed by atoms with Gasteiger partial charge in [-0.25, -0.2) is 0 Å². The van der Waals surface area contributed by atoms with Gasteiger partial charge in [0.15, 0.2) is 5.78 Å². The third kappa shape index (κ3) is 1.60. The van der Waals surface area contributed by atoms with Crippen molar-refractivity contribution in [1.82, 2.24) is 5.32 Å². The van der Waals surface area contributed by atoms with E-state index in [9.17, 15) is 4.79 Å². The van der Waals surface area contributed by atoms with Gasteiger partial charge < -0.3 is 5.32 Å². The highest BCUT2D eigenvalue weighted by Crippen LogP contribution is 2.50. The van der Waals surface area contributed by atoms with Crippen LogP contribution < -0.4 is 5.32 Å². The Kier molecular flexibility index (Phi) is 2.76. The van der Waals surface area contributed by atoms with E-state index in [0.717, 1.165) is 12.1 Å². The fourth-order valence-electron chi connectivity index (χ4n) is 4.41. The Balaban J connectivity index is 2.04. The first kappa shape index (κ1) is 12.8. The average molecular weight is 277 g/mol. The number of ketones is 1. The normalized spacial score (nSPS) is 30.8. The number of rotatable bonds is 1. The van der Waals surface area contributed by atoms with Crippen molar-refractivity contribution in [2.45, 2.75) is 24.8 Å². The maximum Gasteiger partial charge on any atom is 0.164 e. The van der Waals surface area contributed by atoms with Crippen LogP contribution in [0.3, 0.4) is 0 Å². The molecule has 1 aliphatic heterocycles. The Hall–Kier alpha value is -1.93. The van der Waals surface area contributed by atoms with Crippen LogP contribution in [0.25, 0.3) is 0 Å². The highest BCUT2D eigenvalue weighted by atomic mass is 16.1. The van der Waals surface area contributed by atoms with Crippen LogP contribution in [-0.4, -0.2) is 18.4 Å². The molecule has 0 bridgehead atoms. The van der Waals surface area contributed by atoms with Gasteiger partial charge in [0.05, 0.1) is 0 Å². The quantitative estimate of drug-likeness (QED) is 0.867. The van der Waals surface area contributed by atoms with E-state index in [2.05, 4.69) is 54.7 Å². The van der Waals surface area contributed by atoms with Crippen molar-refractivity contribution in [1.29, 1.82) is 0 Å². The molecule has 1 N–H and O–H groups in total. The Morgan fingerprint density at radius 1 is 1.05 bits per heavy atom. The SMILES string of the molecule is CC1CNC2CC(=O)c3ccccc3C12c1ccccc1. The summed E-state index contributed by atoms with van der Waals surface area (Å²) in [6, 6.07) is 19.1. The molecule has 4 rings (SSSR count). The van der Waals surface area contributed by atoms with E-state index >= 15 is 0 Å². The van der Waals surface area contributed by atoms with Crippen molar-refractivity contribution < 1.29 is 4.79 Å². The largest absolute Gasteiger partial charge is 0.312 e. The molecule has 2 aromatic rings. The molecular weight excluding hydrogens is 258 g/mol. The second-order valence-electron chi connectivity index (χ2n) is 6.27. The number of Topliss-reactive ketones (excluding diaryl/α,β-unsaturated/α-hetero) is 1. The van der Waals surface area contributed by atoms with E-state index in [-0.39, 0.29) is 17.2 Å². The molecule has 21 heavy (non-hydrogen) atoms. The van der Waals surface area contributed by atoms with Gasteiger partial charge in [-0.2, -0.15) is 0 Å². The topological polar surface area (TPSA) is 29.1 Å². The molecule has 1 saturated heterocycles. The van der Waals surface area contributed by atoms with Crippen molar-refractivity contribution in [2.75, 3.05) is 6.54 Å². The summed E-state index contributed by atoms with van der Waals surface area (Å²) in [6.45, 7) is 3.26. The van der Waals surface area contributed by atoms with Crippen molar-refractivity contribution in [3.8, 4) is 0 Å². The molecule has 2 nitrogen and oxygen atoms in total. The highest BCUT2D eigenvalue weighted by molar-refractivity contribution is 6.00.